The van der Waals surface area contributed by atoms with Crippen LogP contribution >= 0.6 is 0 Å². The van der Waals surface area contributed by atoms with E-state index in [4.69, 9.17) is 20.5 Å². The summed E-state index contributed by atoms with van der Waals surface area (Å²) in [4.78, 5) is 0. The number of nitriles is 1. The standard InChI is InChI=1S/C12H20N2O2/c13-9-12(14)5-1-2-10(12)3-7-16-11-4-6-15-8-11/h10-11H,1-8,14H2. The van der Waals surface area contributed by atoms with Gasteiger partial charge >= 0.3 is 0 Å². The van der Waals surface area contributed by atoms with Crippen LogP contribution in [0.25, 0.3) is 0 Å². The molecule has 3 unspecified atom stereocenters. The van der Waals surface area contributed by atoms with E-state index in [2.05, 4.69) is 6.07 Å². The average molecular weight is 224 g/mol. The number of hydrogen-bond donors (Lipinski definition) is 1. The minimum atomic E-state index is -0.602. The molecule has 2 aliphatic rings. The maximum atomic E-state index is 9.07. The Bertz CT molecular complexity index is 271. The quantitative estimate of drug-likeness (QED) is 0.779. The van der Waals surface area contributed by atoms with Crippen molar-refractivity contribution in [2.45, 2.75) is 43.7 Å². The molecule has 2 N–H and O–H groups in total. The molecule has 4 heteroatoms. The van der Waals surface area contributed by atoms with Crippen LogP contribution in [0.1, 0.15) is 32.1 Å². The monoisotopic (exact) mass is 224 g/mol. The van der Waals surface area contributed by atoms with Crippen LogP contribution < -0.4 is 5.73 Å². The van der Waals surface area contributed by atoms with E-state index >= 15 is 0 Å². The van der Waals surface area contributed by atoms with Crippen molar-refractivity contribution in [2.24, 2.45) is 11.7 Å². The fourth-order valence-electron chi connectivity index (χ4n) is 2.67. The summed E-state index contributed by atoms with van der Waals surface area (Å²) in [6.45, 7) is 2.24. The summed E-state index contributed by atoms with van der Waals surface area (Å²) in [7, 11) is 0. The predicted octanol–water partition coefficient (Wildman–Crippen LogP) is 1.20. The van der Waals surface area contributed by atoms with Crippen LogP contribution in [0.2, 0.25) is 0 Å². The number of hydrogen-bond acceptors (Lipinski definition) is 4. The summed E-state index contributed by atoms with van der Waals surface area (Å²) in [5.41, 5.74) is 5.45. The Morgan fingerprint density at radius 1 is 1.50 bits per heavy atom. The van der Waals surface area contributed by atoms with Gasteiger partial charge in [-0.2, -0.15) is 5.26 Å². The topological polar surface area (TPSA) is 68.3 Å². The minimum Gasteiger partial charge on any atom is -0.379 e. The van der Waals surface area contributed by atoms with Crippen LogP contribution in [0.3, 0.4) is 0 Å². The van der Waals surface area contributed by atoms with E-state index in [1.54, 1.807) is 0 Å². The van der Waals surface area contributed by atoms with E-state index in [-0.39, 0.29) is 6.10 Å². The largest absolute Gasteiger partial charge is 0.379 e. The zero-order valence-electron chi connectivity index (χ0n) is 9.65. The summed E-state index contributed by atoms with van der Waals surface area (Å²) >= 11 is 0. The van der Waals surface area contributed by atoms with Crippen molar-refractivity contribution in [3.8, 4) is 6.07 Å². The van der Waals surface area contributed by atoms with Gasteiger partial charge in [0.1, 0.15) is 5.54 Å². The average Bonchev–Trinajstić information content (AvgIpc) is 2.90. The first-order valence-corrected chi connectivity index (χ1v) is 6.14. The molecule has 2 rings (SSSR count). The molecule has 0 bridgehead atoms. The maximum absolute atomic E-state index is 9.07. The second-order valence-corrected chi connectivity index (χ2v) is 4.89. The lowest BCUT2D eigenvalue weighted by molar-refractivity contribution is 0.0334. The number of nitrogens with zero attached hydrogens (tertiary/aromatic N) is 1. The van der Waals surface area contributed by atoms with Crippen LogP contribution in [0.5, 0.6) is 0 Å². The van der Waals surface area contributed by atoms with Crippen molar-refractivity contribution in [2.75, 3.05) is 19.8 Å². The molecule has 3 atom stereocenters. The minimum absolute atomic E-state index is 0.260. The van der Waals surface area contributed by atoms with Gasteiger partial charge in [0.15, 0.2) is 0 Å². The molecule has 0 aromatic heterocycles. The maximum Gasteiger partial charge on any atom is 0.107 e. The van der Waals surface area contributed by atoms with E-state index in [1.807, 2.05) is 0 Å². The SMILES string of the molecule is N#CC1(N)CCCC1CCOC1CCOC1. The number of nitrogens with two attached hydrogens (primary N) is 1. The van der Waals surface area contributed by atoms with E-state index in [1.165, 1.54) is 0 Å². The molecule has 0 amide bonds. The van der Waals surface area contributed by atoms with E-state index in [0.717, 1.165) is 45.3 Å². The fraction of sp³-hybridized carbons (Fsp3) is 0.917. The Hall–Kier alpha value is -0.630. The second-order valence-electron chi connectivity index (χ2n) is 4.89. The van der Waals surface area contributed by atoms with Gasteiger partial charge in [0.05, 0.1) is 18.8 Å². The molecule has 1 saturated carbocycles. The van der Waals surface area contributed by atoms with Crippen molar-refractivity contribution in [1.29, 1.82) is 5.26 Å². The fourth-order valence-corrected chi connectivity index (χ4v) is 2.67. The Labute approximate surface area is 96.7 Å². The summed E-state index contributed by atoms with van der Waals surface area (Å²) in [5.74, 6) is 0.305. The second kappa shape index (κ2) is 5.13. The summed E-state index contributed by atoms with van der Waals surface area (Å²) in [6, 6.07) is 2.27. The number of rotatable bonds is 4. The molecular formula is C12H20N2O2. The third-order valence-electron chi connectivity index (χ3n) is 3.79. The van der Waals surface area contributed by atoms with E-state index < -0.39 is 5.54 Å². The van der Waals surface area contributed by atoms with Gasteiger partial charge in [-0.3, -0.25) is 0 Å². The van der Waals surface area contributed by atoms with Crippen molar-refractivity contribution >= 4 is 0 Å². The molecule has 4 nitrogen and oxygen atoms in total. The van der Waals surface area contributed by atoms with Gasteiger partial charge in [-0.15, -0.1) is 0 Å². The Morgan fingerprint density at radius 3 is 3.06 bits per heavy atom. The van der Waals surface area contributed by atoms with Crippen molar-refractivity contribution in [1.82, 2.24) is 0 Å². The highest BCUT2D eigenvalue weighted by Crippen LogP contribution is 2.35. The molecule has 0 spiro atoms. The molecule has 16 heavy (non-hydrogen) atoms. The van der Waals surface area contributed by atoms with Gasteiger partial charge in [0.2, 0.25) is 0 Å². The van der Waals surface area contributed by atoms with Crippen LogP contribution in [-0.2, 0) is 9.47 Å². The Balaban J connectivity index is 1.71. The first kappa shape index (κ1) is 11.8. The molecule has 0 aromatic carbocycles. The van der Waals surface area contributed by atoms with Crippen LogP contribution in [0, 0.1) is 17.2 Å². The molecule has 1 heterocycles. The Kier molecular flexibility index (Phi) is 3.80. The molecular weight excluding hydrogens is 204 g/mol. The van der Waals surface area contributed by atoms with Crippen LogP contribution in [0.4, 0.5) is 0 Å². The summed E-state index contributed by atoms with van der Waals surface area (Å²) in [5, 5.41) is 9.07. The van der Waals surface area contributed by atoms with Crippen molar-refractivity contribution in [3.63, 3.8) is 0 Å². The first-order chi connectivity index (χ1) is 7.74. The normalized spacial score (nSPS) is 38.8. The van der Waals surface area contributed by atoms with Crippen LogP contribution in [0.15, 0.2) is 0 Å². The Morgan fingerprint density at radius 2 is 2.38 bits per heavy atom. The van der Waals surface area contributed by atoms with Gasteiger partial charge in [-0.1, -0.05) is 6.42 Å². The summed E-state index contributed by atoms with van der Waals surface area (Å²) < 4.78 is 11.0. The van der Waals surface area contributed by atoms with E-state index in [0.29, 0.717) is 12.5 Å². The molecule has 1 aliphatic heterocycles. The van der Waals surface area contributed by atoms with Gasteiger partial charge in [0, 0.05) is 13.2 Å². The first-order valence-electron chi connectivity index (χ1n) is 6.14. The third-order valence-corrected chi connectivity index (χ3v) is 3.79. The van der Waals surface area contributed by atoms with Gasteiger partial charge < -0.3 is 15.2 Å². The van der Waals surface area contributed by atoms with Gasteiger partial charge in [-0.25, -0.2) is 0 Å². The lowest BCUT2D eigenvalue weighted by Gasteiger charge is -2.24. The smallest absolute Gasteiger partial charge is 0.107 e. The molecule has 1 aliphatic carbocycles. The summed E-state index contributed by atoms with van der Waals surface area (Å²) in [6.07, 6.45) is 5.13. The third kappa shape index (κ3) is 2.54. The molecule has 0 aromatic rings. The van der Waals surface area contributed by atoms with Crippen LogP contribution in [-0.4, -0.2) is 31.5 Å². The van der Waals surface area contributed by atoms with Crippen molar-refractivity contribution in [3.05, 3.63) is 0 Å². The van der Waals surface area contributed by atoms with Gasteiger partial charge in [0.25, 0.3) is 0 Å². The molecule has 90 valence electrons. The highest BCUT2D eigenvalue weighted by molar-refractivity contribution is 5.11. The lowest BCUT2D eigenvalue weighted by atomic mass is 9.87. The zero-order valence-corrected chi connectivity index (χ0v) is 9.65. The zero-order chi connectivity index (χ0) is 11.4. The predicted molar refractivity (Wildman–Crippen MR) is 59.7 cm³/mol. The molecule has 2 fully saturated rings. The van der Waals surface area contributed by atoms with Gasteiger partial charge in [-0.05, 0) is 31.6 Å². The number of ether oxygens (including phenoxy) is 2. The van der Waals surface area contributed by atoms with E-state index in [9.17, 15) is 0 Å². The highest BCUT2D eigenvalue weighted by Gasteiger charge is 2.39. The highest BCUT2D eigenvalue weighted by atomic mass is 16.5. The molecule has 0 radical (unpaired) electrons. The van der Waals surface area contributed by atoms with Crippen molar-refractivity contribution < 1.29 is 9.47 Å². The molecule has 1 saturated heterocycles. The lowest BCUT2D eigenvalue weighted by Crippen LogP contribution is -2.42.